The van der Waals surface area contributed by atoms with Crippen molar-refractivity contribution in [3.8, 4) is 0 Å². The van der Waals surface area contributed by atoms with E-state index in [4.69, 9.17) is 5.11 Å². The van der Waals surface area contributed by atoms with Gasteiger partial charge in [0.2, 0.25) is 0 Å². The van der Waals surface area contributed by atoms with Crippen molar-refractivity contribution in [2.45, 2.75) is 51.1 Å². The van der Waals surface area contributed by atoms with Crippen LogP contribution in [0.15, 0.2) is 30.5 Å². The monoisotopic (exact) mass is 368 g/mol. The molecule has 1 aromatic heterocycles. The predicted octanol–water partition coefficient (Wildman–Crippen LogP) is 3.06. The minimum atomic E-state index is -4.30. The standard InChI is InChI=1S/C18H23F3N4O/c1-13(9-14-3-2-4-15(10-14)18(19,20)21)24-7-5-17(6-8-24)25-11-16(12-26)22-23-25/h2-4,10-11,13,17,26H,5-9,12H2,1H3. The first-order valence-corrected chi connectivity index (χ1v) is 8.78. The molecule has 3 rings (SSSR count). The van der Waals surface area contributed by atoms with Crippen LogP contribution in [0.4, 0.5) is 13.2 Å². The molecule has 1 N–H and O–H groups in total. The summed E-state index contributed by atoms with van der Waals surface area (Å²) >= 11 is 0. The fourth-order valence-electron chi connectivity index (χ4n) is 3.50. The van der Waals surface area contributed by atoms with Crippen molar-refractivity contribution in [3.05, 3.63) is 47.3 Å². The number of hydrogen-bond acceptors (Lipinski definition) is 4. The topological polar surface area (TPSA) is 54.2 Å². The molecule has 2 aromatic rings. The third-order valence-electron chi connectivity index (χ3n) is 5.00. The van der Waals surface area contributed by atoms with Gasteiger partial charge < -0.3 is 10.0 Å². The van der Waals surface area contributed by atoms with E-state index in [9.17, 15) is 13.2 Å². The van der Waals surface area contributed by atoms with Crippen LogP contribution in [-0.2, 0) is 19.2 Å². The lowest BCUT2D eigenvalue weighted by Gasteiger charge is -2.36. The van der Waals surface area contributed by atoms with Gasteiger partial charge in [-0.15, -0.1) is 5.10 Å². The second-order valence-electron chi connectivity index (χ2n) is 6.87. The summed E-state index contributed by atoms with van der Waals surface area (Å²) in [5.74, 6) is 0. The van der Waals surface area contributed by atoms with Crippen molar-refractivity contribution in [2.75, 3.05) is 13.1 Å². The Morgan fingerprint density at radius 3 is 2.62 bits per heavy atom. The molecule has 1 aliphatic rings. The summed E-state index contributed by atoms with van der Waals surface area (Å²) in [6.45, 7) is 3.66. The van der Waals surface area contributed by atoms with Crippen LogP contribution < -0.4 is 0 Å². The van der Waals surface area contributed by atoms with Gasteiger partial charge in [0.05, 0.1) is 24.4 Å². The largest absolute Gasteiger partial charge is 0.416 e. The van der Waals surface area contributed by atoms with Crippen LogP contribution in [0.3, 0.4) is 0 Å². The summed E-state index contributed by atoms with van der Waals surface area (Å²) in [7, 11) is 0. The molecule has 1 aliphatic heterocycles. The smallest absolute Gasteiger partial charge is 0.390 e. The normalized spacial score (nSPS) is 18.2. The first kappa shape index (κ1) is 18.8. The summed E-state index contributed by atoms with van der Waals surface area (Å²) < 4.78 is 40.4. The lowest BCUT2D eigenvalue weighted by Crippen LogP contribution is -2.41. The van der Waals surface area contributed by atoms with Crippen LogP contribution in [0.5, 0.6) is 0 Å². The van der Waals surface area contributed by atoms with Gasteiger partial charge in [0, 0.05) is 19.1 Å². The van der Waals surface area contributed by atoms with E-state index in [0.29, 0.717) is 17.7 Å². The number of nitrogens with zero attached hydrogens (tertiary/aromatic N) is 4. The molecular formula is C18H23F3N4O. The molecule has 1 atom stereocenters. The molecular weight excluding hydrogens is 345 g/mol. The third-order valence-corrected chi connectivity index (χ3v) is 5.00. The highest BCUT2D eigenvalue weighted by atomic mass is 19.4. The summed E-state index contributed by atoms with van der Waals surface area (Å²) in [5, 5.41) is 17.0. The summed E-state index contributed by atoms with van der Waals surface area (Å²) in [6.07, 6.45) is -0.135. The summed E-state index contributed by atoms with van der Waals surface area (Å²) in [4.78, 5) is 2.31. The maximum Gasteiger partial charge on any atom is 0.416 e. The third kappa shape index (κ3) is 4.42. The molecule has 142 valence electrons. The highest BCUT2D eigenvalue weighted by Crippen LogP contribution is 2.30. The Morgan fingerprint density at radius 1 is 1.27 bits per heavy atom. The number of rotatable bonds is 5. The summed E-state index contributed by atoms with van der Waals surface area (Å²) in [6, 6.07) is 6.00. The van der Waals surface area contributed by atoms with Crippen LogP contribution in [-0.4, -0.2) is 44.1 Å². The number of aliphatic hydroxyl groups is 1. The molecule has 1 unspecified atom stereocenters. The van der Waals surface area contributed by atoms with Gasteiger partial charge in [-0.25, -0.2) is 4.68 Å². The van der Waals surface area contributed by atoms with Crippen LogP contribution >= 0.6 is 0 Å². The van der Waals surface area contributed by atoms with Crippen molar-refractivity contribution in [3.63, 3.8) is 0 Å². The molecule has 0 bridgehead atoms. The number of aromatic nitrogens is 3. The minimum Gasteiger partial charge on any atom is -0.390 e. The zero-order chi connectivity index (χ0) is 18.7. The van der Waals surface area contributed by atoms with Crippen molar-refractivity contribution < 1.29 is 18.3 Å². The van der Waals surface area contributed by atoms with Crippen LogP contribution in [0.2, 0.25) is 0 Å². The molecule has 1 fully saturated rings. The lowest BCUT2D eigenvalue weighted by atomic mass is 9.99. The van der Waals surface area contributed by atoms with E-state index < -0.39 is 11.7 Å². The van der Waals surface area contributed by atoms with Gasteiger partial charge in [-0.3, -0.25) is 0 Å². The number of hydrogen-bond donors (Lipinski definition) is 1. The Morgan fingerprint density at radius 2 is 2.00 bits per heavy atom. The van der Waals surface area contributed by atoms with Crippen molar-refractivity contribution >= 4 is 0 Å². The van der Waals surface area contributed by atoms with E-state index in [2.05, 4.69) is 22.1 Å². The quantitative estimate of drug-likeness (QED) is 0.881. The van der Waals surface area contributed by atoms with Gasteiger partial charge >= 0.3 is 6.18 Å². The molecule has 0 spiro atoms. The highest BCUT2D eigenvalue weighted by Gasteiger charge is 2.31. The molecule has 0 radical (unpaired) electrons. The zero-order valence-electron chi connectivity index (χ0n) is 14.7. The van der Waals surface area contributed by atoms with Crippen molar-refractivity contribution in [1.29, 1.82) is 0 Å². The SMILES string of the molecule is CC(Cc1cccc(C(F)(F)F)c1)N1CCC(n2cc(CO)nn2)CC1. The molecule has 0 aliphatic carbocycles. The van der Waals surface area contributed by atoms with Gasteiger partial charge in [-0.2, -0.15) is 13.2 Å². The fraction of sp³-hybridized carbons (Fsp3) is 0.556. The molecule has 0 saturated carbocycles. The van der Waals surface area contributed by atoms with Crippen LogP contribution in [0, 0.1) is 0 Å². The van der Waals surface area contributed by atoms with Crippen LogP contribution in [0.1, 0.15) is 42.6 Å². The average molecular weight is 368 g/mol. The van der Waals surface area contributed by atoms with E-state index in [1.165, 1.54) is 12.1 Å². The first-order valence-electron chi connectivity index (χ1n) is 8.78. The second-order valence-corrected chi connectivity index (χ2v) is 6.87. The number of aliphatic hydroxyl groups excluding tert-OH is 1. The van der Waals surface area contributed by atoms with Crippen molar-refractivity contribution in [2.24, 2.45) is 0 Å². The molecule has 0 amide bonds. The van der Waals surface area contributed by atoms with Crippen molar-refractivity contribution in [1.82, 2.24) is 19.9 Å². The Labute approximate surface area is 150 Å². The van der Waals surface area contributed by atoms with Crippen LogP contribution in [0.25, 0.3) is 0 Å². The molecule has 2 heterocycles. The summed E-state index contributed by atoms with van der Waals surface area (Å²) in [5.41, 5.74) is 0.676. The molecule has 1 aromatic carbocycles. The van der Waals surface area contributed by atoms with E-state index >= 15 is 0 Å². The molecule has 26 heavy (non-hydrogen) atoms. The Kier molecular flexibility index (Phi) is 5.62. The van der Waals surface area contributed by atoms with E-state index in [1.807, 2.05) is 0 Å². The van der Waals surface area contributed by atoms with E-state index in [0.717, 1.165) is 32.0 Å². The Bertz CT molecular complexity index is 723. The van der Waals surface area contributed by atoms with Gasteiger partial charge in [-0.1, -0.05) is 23.4 Å². The number of piperidine rings is 1. The minimum absolute atomic E-state index is 0.118. The molecule has 8 heteroatoms. The Balaban J connectivity index is 1.56. The molecule has 1 saturated heterocycles. The number of alkyl halides is 3. The number of benzene rings is 1. The maximum atomic E-state index is 12.9. The van der Waals surface area contributed by atoms with E-state index in [1.54, 1.807) is 16.9 Å². The van der Waals surface area contributed by atoms with Gasteiger partial charge in [0.1, 0.15) is 5.69 Å². The predicted molar refractivity (Wildman–Crippen MR) is 90.4 cm³/mol. The molecule has 5 nitrogen and oxygen atoms in total. The average Bonchev–Trinajstić information content (AvgIpc) is 3.10. The zero-order valence-corrected chi connectivity index (χ0v) is 14.7. The highest BCUT2D eigenvalue weighted by molar-refractivity contribution is 5.26. The van der Waals surface area contributed by atoms with Gasteiger partial charge in [-0.05, 0) is 37.8 Å². The fourth-order valence-corrected chi connectivity index (χ4v) is 3.50. The number of halogens is 3. The van der Waals surface area contributed by atoms with E-state index in [-0.39, 0.29) is 18.7 Å². The van der Waals surface area contributed by atoms with Gasteiger partial charge in [0.25, 0.3) is 0 Å². The van der Waals surface area contributed by atoms with Gasteiger partial charge in [0.15, 0.2) is 0 Å². The number of likely N-dealkylation sites (tertiary alicyclic amines) is 1. The second kappa shape index (κ2) is 7.75. The maximum absolute atomic E-state index is 12.9. The first-order chi connectivity index (χ1) is 12.4. The Hall–Kier alpha value is -1.93. The lowest BCUT2D eigenvalue weighted by molar-refractivity contribution is -0.137.